The SMILES string of the molecule is O=C(N[C@H]1c2nccn2CCC12CCN(C(=O)c1cccc(F)c1)CC2)C1CC1. The first-order valence-electron chi connectivity index (χ1n) is 10.4. The van der Waals surface area contributed by atoms with Crippen molar-refractivity contribution < 1.29 is 14.0 Å². The Balaban J connectivity index is 1.35. The number of hydrogen-bond donors (Lipinski definition) is 1. The van der Waals surface area contributed by atoms with Crippen LogP contribution in [0, 0.1) is 17.2 Å². The van der Waals surface area contributed by atoms with E-state index in [1.54, 1.807) is 23.2 Å². The highest BCUT2D eigenvalue weighted by molar-refractivity contribution is 5.94. The number of aryl methyl sites for hydroxylation is 1. The molecule has 5 rings (SSSR count). The number of benzene rings is 1. The number of imidazole rings is 1. The maximum Gasteiger partial charge on any atom is 0.253 e. The van der Waals surface area contributed by atoms with Crippen molar-refractivity contribution in [2.75, 3.05) is 13.1 Å². The number of nitrogens with zero attached hydrogens (tertiary/aromatic N) is 3. The average Bonchev–Trinajstić information content (AvgIpc) is 3.48. The Morgan fingerprint density at radius 1 is 1.14 bits per heavy atom. The lowest BCUT2D eigenvalue weighted by Gasteiger charge is -2.49. The summed E-state index contributed by atoms with van der Waals surface area (Å²) in [5.41, 5.74) is 0.295. The molecule has 1 aromatic heterocycles. The van der Waals surface area contributed by atoms with Crippen molar-refractivity contribution in [1.29, 1.82) is 0 Å². The summed E-state index contributed by atoms with van der Waals surface area (Å²) >= 11 is 0. The van der Waals surface area contributed by atoms with Crippen LogP contribution in [0.1, 0.15) is 54.3 Å². The third kappa shape index (κ3) is 3.32. The second kappa shape index (κ2) is 6.97. The molecule has 0 bridgehead atoms. The standard InChI is InChI=1S/C22H25FN4O2/c23-17-3-1-2-16(14-17)21(29)27-11-7-22(8-12-27)6-10-26-13-9-24-19(26)18(22)25-20(28)15-4-5-15/h1-3,9,13-15,18H,4-8,10-12H2,(H,25,28)/t18-/m0/s1. The Labute approximate surface area is 169 Å². The number of carbonyl (C=O) groups is 2. The van der Waals surface area contributed by atoms with Crippen molar-refractivity contribution in [3.05, 3.63) is 53.9 Å². The number of rotatable bonds is 3. The predicted octanol–water partition coefficient (Wildman–Crippen LogP) is 2.92. The summed E-state index contributed by atoms with van der Waals surface area (Å²) in [5.74, 6) is 0.674. The zero-order valence-electron chi connectivity index (χ0n) is 16.3. The van der Waals surface area contributed by atoms with Gasteiger partial charge in [0.15, 0.2) is 0 Å². The first-order chi connectivity index (χ1) is 14.1. The fraction of sp³-hybridized carbons (Fsp3) is 0.500. The van der Waals surface area contributed by atoms with Crippen LogP contribution < -0.4 is 5.32 Å². The topological polar surface area (TPSA) is 67.2 Å². The molecule has 1 aliphatic carbocycles. The fourth-order valence-corrected chi connectivity index (χ4v) is 4.85. The quantitative estimate of drug-likeness (QED) is 0.868. The summed E-state index contributed by atoms with van der Waals surface area (Å²) in [6, 6.07) is 5.75. The third-order valence-corrected chi connectivity index (χ3v) is 6.82. The molecule has 1 saturated heterocycles. The normalized spacial score (nSPS) is 22.9. The van der Waals surface area contributed by atoms with Gasteiger partial charge in [0.1, 0.15) is 11.6 Å². The molecule has 29 heavy (non-hydrogen) atoms. The molecule has 1 N–H and O–H groups in total. The highest BCUT2D eigenvalue weighted by atomic mass is 19.1. The molecule has 2 aromatic rings. The van der Waals surface area contributed by atoms with E-state index in [9.17, 15) is 14.0 Å². The number of halogens is 1. The number of hydrogen-bond acceptors (Lipinski definition) is 3. The number of piperidine rings is 1. The third-order valence-electron chi connectivity index (χ3n) is 6.82. The van der Waals surface area contributed by atoms with E-state index >= 15 is 0 Å². The van der Waals surface area contributed by atoms with Gasteiger partial charge >= 0.3 is 0 Å². The highest BCUT2D eigenvalue weighted by Gasteiger charge is 2.48. The molecule has 3 aliphatic rings. The van der Waals surface area contributed by atoms with Crippen LogP contribution in [0.4, 0.5) is 4.39 Å². The first kappa shape index (κ1) is 18.3. The number of likely N-dealkylation sites (tertiary alicyclic amines) is 1. The van der Waals surface area contributed by atoms with E-state index < -0.39 is 5.82 Å². The van der Waals surface area contributed by atoms with Gasteiger partial charge in [-0.1, -0.05) is 6.07 Å². The molecule has 1 saturated carbocycles. The van der Waals surface area contributed by atoms with E-state index in [4.69, 9.17) is 0 Å². The van der Waals surface area contributed by atoms with Gasteiger partial charge in [-0.15, -0.1) is 0 Å². The van der Waals surface area contributed by atoms with Gasteiger partial charge in [0.25, 0.3) is 5.91 Å². The Bertz CT molecular complexity index is 944. The summed E-state index contributed by atoms with van der Waals surface area (Å²) in [4.78, 5) is 31.7. The molecule has 7 heteroatoms. The lowest BCUT2D eigenvalue weighted by Crippen LogP contribution is -2.52. The Morgan fingerprint density at radius 2 is 1.90 bits per heavy atom. The van der Waals surface area contributed by atoms with E-state index in [0.29, 0.717) is 18.7 Å². The summed E-state index contributed by atoms with van der Waals surface area (Å²) in [5, 5.41) is 3.29. The smallest absolute Gasteiger partial charge is 0.253 e. The lowest BCUT2D eigenvalue weighted by atomic mass is 9.68. The molecule has 6 nitrogen and oxygen atoms in total. The van der Waals surface area contributed by atoms with Crippen molar-refractivity contribution in [3.8, 4) is 0 Å². The van der Waals surface area contributed by atoms with Crippen LogP contribution in [0.2, 0.25) is 0 Å². The number of fused-ring (bicyclic) bond motifs is 1. The van der Waals surface area contributed by atoms with Gasteiger partial charge in [0.2, 0.25) is 5.91 Å². The molecule has 0 unspecified atom stereocenters. The van der Waals surface area contributed by atoms with Gasteiger partial charge in [-0.3, -0.25) is 9.59 Å². The zero-order chi connectivity index (χ0) is 20.0. The average molecular weight is 396 g/mol. The van der Waals surface area contributed by atoms with Gasteiger partial charge in [0.05, 0.1) is 6.04 Å². The molecule has 3 heterocycles. The molecule has 152 valence electrons. The Hall–Kier alpha value is -2.70. The van der Waals surface area contributed by atoms with Crippen LogP contribution >= 0.6 is 0 Å². The summed E-state index contributed by atoms with van der Waals surface area (Å²) in [7, 11) is 0. The maximum absolute atomic E-state index is 13.5. The van der Waals surface area contributed by atoms with Crippen molar-refractivity contribution in [3.63, 3.8) is 0 Å². The van der Waals surface area contributed by atoms with Crippen LogP contribution in [-0.2, 0) is 11.3 Å². The number of aromatic nitrogens is 2. The number of amides is 2. The van der Waals surface area contributed by atoms with E-state index in [2.05, 4.69) is 14.9 Å². The molecule has 2 fully saturated rings. The van der Waals surface area contributed by atoms with Crippen molar-refractivity contribution in [2.45, 2.75) is 44.7 Å². The molecule has 2 aliphatic heterocycles. The van der Waals surface area contributed by atoms with Gasteiger partial charge < -0.3 is 14.8 Å². The predicted molar refractivity (Wildman–Crippen MR) is 104 cm³/mol. The van der Waals surface area contributed by atoms with Crippen LogP contribution in [-0.4, -0.2) is 39.4 Å². The maximum atomic E-state index is 13.5. The molecular weight excluding hydrogens is 371 g/mol. The first-order valence-corrected chi connectivity index (χ1v) is 10.4. The largest absolute Gasteiger partial charge is 0.345 e. The molecule has 0 radical (unpaired) electrons. The Kier molecular flexibility index (Phi) is 4.41. The van der Waals surface area contributed by atoms with Crippen LogP contribution in [0.25, 0.3) is 0 Å². The molecule has 1 spiro atoms. The minimum Gasteiger partial charge on any atom is -0.345 e. The molecule has 2 amide bonds. The summed E-state index contributed by atoms with van der Waals surface area (Å²) < 4.78 is 15.6. The fourth-order valence-electron chi connectivity index (χ4n) is 4.85. The van der Waals surface area contributed by atoms with Crippen LogP contribution in [0.15, 0.2) is 36.7 Å². The van der Waals surface area contributed by atoms with E-state index in [0.717, 1.165) is 44.5 Å². The minimum atomic E-state index is -0.397. The van der Waals surface area contributed by atoms with Crippen LogP contribution in [0.5, 0.6) is 0 Å². The Morgan fingerprint density at radius 3 is 2.62 bits per heavy atom. The monoisotopic (exact) mass is 396 g/mol. The van der Waals surface area contributed by atoms with Crippen molar-refractivity contribution >= 4 is 11.8 Å². The van der Waals surface area contributed by atoms with Crippen molar-refractivity contribution in [2.24, 2.45) is 11.3 Å². The molecule has 1 atom stereocenters. The van der Waals surface area contributed by atoms with Crippen molar-refractivity contribution in [1.82, 2.24) is 19.8 Å². The van der Waals surface area contributed by atoms with Gasteiger partial charge in [0, 0.05) is 48.9 Å². The summed E-state index contributed by atoms with van der Waals surface area (Å²) in [6.45, 7) is 2.08. The molecular formula is C22H25FN4O2. The second-order valence-corrected chi connectivity index (χ2v) is 8.61. The number of nitrogens with one attached hydrogen (secondary N) is 1. The van der Waals surface area contributed by atoms with E-state index in [1.165, 1.54) is 12.1 Å². The second-order valence-electron chi connectivity index (χ2n) is 8.61. The number of carbonyl (C=O) groups excluding carboxylic acids is 2. The highest BCUT2D eigenvalue weighted by Crippen LogP contribution is 2.49. The summed E-state index contributed by atoms with van der Waals surface area (Å²) in [6.07, 6.45) is 8.27. The minimum absolute atomic E-state index is 0.0926. The van der Waals surface area contributed by atoms with Gasteiger partial charge in [-0.25, -0.2) is 9.37 Å². The van der Waals surface area contributed by atoms with E-state index in [1.807, 2.05) is 6.20 Å². The van der Waals surface area contributed by atoms with E-state index in [-0.39, 0.29) is 29.2 Å². The lowest BCUT2D eigenvalue weighted by molar-refractivity contribution is -0.125. The van der Waals surface area contributed by atoms with Gasteiger partial charge in [-0.05, 0) is 50.3 Å². The zero-order valence-corrected chi connectivity index (χ0v) is 16.3. The molecule has 1 aromatic carbocycles. The van der Waals surface area contributed by atoms with Crippen LogP contribution in [0.3, 0.4) is 0 Å². The van der Waals surface area contributed by atoms with Gasteiger partial charge in [-0.2, -0.15) is 0 Å².